The molecule has 0 fully saturated rings. The maximum absolute atomic E-state index is 10.7. The molecule has 0 atom stereocenters. The van der Waals surface area contributed by atoms with Crippen LogP contribution in [0, 0.1) is 0 Å². The van der Waals surface area contributed by atoms with Crippen molar-refractivity contribution in [3.63, 3.8) is 0 Å². The second-order valence-corrected chi connectivity index (χ2v) is 3.75. The maximum atomic E-state index is 10.7. The monoisotopic (exact) mass is 272 g/mol. The summed E-state index contributed by atoms with van der Waals surface area (Å²) < 4.78 is 5.50. The number of rotatable bonds is 3. The van der Waals surface area contributed by atoms with Crippen LogP contribution in [0.25, 0.3) is 0 Å². The second kappa shape index (κ2) is 4.93. The molecule has 0 saturated carbocycles. The first-order chi connectivity index (χ1) is 7.00. The number of hydrogen-bond acceptors (Lipinski definition) is 3. The molecule has 0 aromatic heterocycles. The Morgan fingerprint density at radius 2 is 2.13 bits per heavy atom. The van der Waals surface area contributed by atoms with Gasteiger partial charge < -0.3 is 9.84 Å². The van der Waals surface area contributed by atoms with Crippen molar-refractivity contribution in [1.29, 1.82) is 0 Å². The van der Waals surface area contributed by atoms with Gasteiger partial charge in [0.1, 0.15) is 6.61 Å². The number of carbonyl (C=O) groups is 2. The van der Waals surface area contributed by atoms with E-state index < -0.39 is 11.9 Å². The molecule has 1 rings (SSSR count). The van der Waals surface area contributed by atoms with Crippen molar-refractivity contribution in [2.24, 2.45) is 0 Å². The van der Waals surface area contributed by atoms with Gasteiger partial charge in [-0.1, -0.05) is 15.9 Å². The van der Waals surface area contributed by atoms with Gasteiger partial charge in [0, 0.05) is 17.0 Å². The number of halogens is 1. The van der Waals surface area contributed by atoms with Gasteiger partial charge in [-0.05, 0) is 18.2 Å². The molecule has 0 aliphatic heterocycles. The van der Waals surface area contributed by atoms with Gasteiger partial charge in [0.25, 0.3) is 0 Å². The van der Waals surface area contributed by atoms with E-state index in [0.29, 0.717) is 10.0 Å². The number of benzene rings is 1. The highest BCUT2D eigenvalue weighted by Gasteiger charge is 2.07. The molecule has 0 spiro atoms. The van der Waals surface area contributed by atoms with Crippen LogP contribution < -0.4 is 0 Å². The smallest absolute Gasteiger partial charge is 0.335 e. The first-order valence-corrected chi connectivity index (χ1v) is 4.95. The Kier molecular flexibility index (Phi) is 3.85. The highest BCUT2D eigenvalue weighted by atomic mass is 79.9. The van der Waals surface area contributed by atoms with E-state index in [1.165, 1.54) is 19.1 Å². The van der Waals surface area contributed by atoms with E-state index in [4.69, 9.17) is 9.84 Å². The van der Waals surface area contributed by atoms with Crippen LogP contribution in [0.15, 0.2) is 22.7 Å². The summed E-state index contributed by atoms with van der Waals surface area (Å²) in [5.74, 6) is -1.41. The average molecular weight is 273 g/mol. The molecule has 5 heteroatoms. The van der Waals surface area contributed by atoms with Crippen LogP contribution in [-0.4, -0.2) is 17.0 Å². The molecule has 1 aromatic rings. The van der Waals surface area contributed by atoms with Crippen molar-refractivity contribution >= 4 is 27.9 Å². The van der Waals surface area contributed by atoms with Crippen molar-refractivity contribution < 1.29 is 19.4 Å². The number of ether oxygens (including phenoxy) is 1. The number of carboxylic acid groups (broad SMARTS) is 1. The van der Waals surface area contributed by atoms with Crippen LogP contribution >= 0.6 is 15.9 Å². The van der Waals surface area contributed by atoms with E-state index in [-0.39, 0.29) is 12.2 Å². The van der Waals surface area contributed by atoms with Crippen molar-refractivity contribution in [2.45, 2.75) is 13.5 Å². The lowest BCUT2D eigenvalue weighted by molar-refractivity contribution is -0.142. The lowest BCUT2D eigenvalue weighted by Crippen LogP contribution is -2.02. The van der Waals surface area contributed by atoms with Crippen molar-refractivity contribution in [2.75, 3.05) is 0 Å². The van der Waals surface area contributed by atoms with Crippen LogP contribution in [0.3, 0.4) is 0 Å². The predicted octanol–water partition coefficient (Wildman–Crippen LogP) is 2.21. The Morgan fingerprint density at radius 1 is 1.47 bits per heavy atom. The van der Waals surface area contributed by atoms with Crippen LogP contribution in [0.1, 0.15) is 22.8 Å². The SMILES string of the molecule is CC(=O)OCc1cc(C(=O)O)ccc1Br. The molecule has 80 valence electrons. The zero-order valence-corrected chi connectivity index (χ0v) is 9.58. The van der Waals surface area contributed by atoms with E-state index in [1.807, 2.05) is 0 Å². The topological polar surface area (TPSA) is 63.6 Å². The fraction of sp³-hybridized carbons (Fsp3) is 0.200. The molecule has 1 aromatic carbocycles. The Labute approximate surface area is 95.0 Å². The summed E-state index contributed by atoms with van der Waals surface area (Å²) in [6.07, 6.45) is 0. The highest BCUT2D eigenvalue weighted by Crippen LogP contribution is 2.19. The zero-order chi connectivity index (χ0) is 11.4. The van der Waals surface area contributed by atoms with E-state index in [9.17, 15) is 9.59 Å². The van der Waals surface area contributed by atoms with Crippen molar-refractivity contribution in [3.05, 3.63) is 33.8 Å². The van der Waals surface area contributed by atoms with Crippen molar-refractivity contribution in [3.8, 4) is 0 Å². The molecule has 0 radical (unpaired) electrons. The van der Waals surface area contributed by atoms with Gasteiger partial charge >= 0.3 is 11.9 Å². The summed E-state index contributed by atoms with van der Waals surface area (Å²) in [7, 11) is 0. The number of carbonyl (C=O) groups excluding carboxylic acids is 1. The standard InChI is InChI=1S/C10H9BrO4/c1-6(12)15-5-8-4-7(10(13)14)2-3-9(8)11/h2-4H,5H2,1H3,(H,13,14). The molecule has 0 amide bonds. The largest absolute Gasteiger partial charge is 0.478 e. The van der Waals surface area contributed by atoms with E-state index in [0.717, 1.165) is 0 Å². The van der Waals surface area contributed by atoms with Crippen LogP contribution in [0.5, 0.6) is 0 Å². The highest BCUT2D eigenvalue weighted by molar-refractivity contribution is 9.10. The quantitative estimate of drug-likeness (QED) is 0.857. The van der Waals surface area contributed by atoms with Crippen molar-refractivity contribution in [1.82, 2.24) is 0 Å². The summed E-state index contributed by atoms with van der Waals surface area (Å²) in [6.45, 7) is 1.37. The molecular weight excluding hydrogens is 264 g/mol. The van der Waals surface area contributed by atoms with Gasteiger partial charge in [-0.3, -0.25) is 4.79 Å². The van der Waals surface area contributed by atoms with Crippen LogP contribution in [-0.2, 0) is 16.1 Å². The summed E-state index contributed by atoms with van der Waals surface area (Å²) in [5.41, 5.74) is 0.797. The molecule has 4 nitrogen and oxygen atoms in total. The second-order valence-electron chi connectivity index (χ2n) is 2.89. The summed E-state index contributed by atoms with van der Waals surface area (Å²) in [6, 6.07) is 4.56. The number of hydrogen-bond donors (Lipinski definition) is 1. The maximum Gasteiger partial charge on any atom is 0.335 e. The van der Waals surface area contributed by atoms with Crippen LogP contribution in [0.2, 0.25) is 0 Å². The van der Waals surface area contributed by atoms with Gasteiger partial charge in [0.15, 0.2) is 0 Å². The molecule has 1 N–H and O–H groups in total. The summed E-state index contributed by atoms with van der Waals surface area (Å²) in [4.78, 5) is 21.3. The fourth-order valence-corrected chi connectivity index (χ4v) is 1.36. The van der Waals surface area contributed by atoms with E-state index in [2.05, 4.69) is 15.9 Å². The lowest BCUT2D eigenvalue weighted by Gasteiger charge is -2.05. The third-order valence-electron chi connectivity index (χ3n) is 1.72. The molecule has 0 saturated heterocycles. The van der Waals surface area contributed by atoms with E-state index in [1.54, 1.807) is 6.07 Å². The molecule has 0 bridgehead atoms. The number of carboxylic acids is 1. The normalized spacial score (nSPS) is 9.73. The first kappa shape index (κ1) is 11.7. The number of esters is 1. The van der Waals surface area contributed by atoms with Gasteiger partial charge in [0.05, 0.1) is 5.56 Å². The minimum Gasteiger partial charge on any atom is -0.478 e. The third kappa shape index (κ3) is 3.36. The van der Waals surface area contributed by atoms with E-state index >= 15 is 0 Å². The molecular formula is C10H9BrO4. The van der Waals surface area contributed by atoms with Gasteiger partial charge in [-0.2, -0.15) is 0 Å². The molecule has 0 unspecified atom stereocenters. The third-order valence-corrected chi connectivity index (χ3v) is 2.50. The Hall–Kier alpha value is -1.36. The van der Waals surface area contributed by atoms with Gasteiger partial charge in [-0.25, -0.2) is 4.79 Å². The fourth-order valence-electron chi connectivity index (χ4n) is 0.998. The summed E-state index contributed by atoms with van der Waals surface area (Å²) in [5, 5.41) is 8.75. The predicted molar refractivity (Wildman–Crippen MR) is 56.6 cm³/mol. The first-order valence-electron chi connectivity index (χ1n) is 4.16. The minimum atomic E-state index is -1.01. The Bertz CT molecular complexity index is 400. The average Bonchev–Trinajstić information content (AvgIpc) is 2.16. The minimum absolute atomic E-state index is 0.0665. The number of aromatic carboxylic acids is 1. The molecule has 0 aliphatic rings. The zero-order valence-electron chi connectivity index (χ0n) is 7.99. The molecule has 0 aliphatic carbocycles. The lowest BCUT2D eigenvalue weighted by atomic mass is 10.1. The Balaban J connectivity index is 2.90. The summed E-state index contributed by atoms with van der Waals surface area (Å²) >= 11 is 3.25. The molecule has 15 heavy (non-hydrogen) atoms. The van der Waals surface area contributed by atoms with Gasteiger partial charge in [-0.15, -0.1) is 0 Å². The Morgan fingerprint density at radius 3 is 2.67 bits per heavy atom. The van der Waals surface area contributed by atoms with Crippen LogP contribution in [0.4, 0.5) is 0 Å². The molecule has 0 heterocycles. The van der Waals surface area contributed by atoms with Gasteiger partial charge in [0.2, 0.25) is 0 Å².